The summed E-state index contributed by atoms with van der Waals surface area (Å²) in [6, 6.07) is 0.488. The Morgan fingerprint density at radius 1 is 1.09 bits per heavy atom. The first kappa shape index (κ1) is 6.95. The lowest BCUT2D eigenvalue weighted by molar-refractivity contribution is 0.480. The van der Waals surface area contributed by atoms with Gasteiger partial charge in [0.15, 0.2) is 5.96 Å². The third kappa shape index (κ3) is 1.19. The number of rotatable bonds is 1. The third-order valence-corrected chi connectivity index (χ3v) is 2.91. The molecule has 0 aliphatic heterocycles. The second-order valence-corrected chi connectivity index (χ2v) is 3.66. The first-order valence-electron chi connectivity index (χ1n) is 4.38. The molecular formula is C8H15N3. The van der Waals surface area contributed by atoms with Gasteiger partial charge in [0, 0.05) is 0 Å². The summed E-state index contributed by atoms with van der Waals surface area (Å²) in [4.78, 5) is 4.21. The fourth-order valence-corrected chi connectivity index (χ4v) is 2.32. The highest BCUT2D eigenvalue weighted by atomic mass is 15.0. The summed E-state index contributed by atoms with van der Waals surface area (Å²) in [5.41, 5.74) is 10.6. The standard InChI is InChI=1S/C8H15N3/c9-8(10)11-7-5-3-1-2-4-6(5)7/h5-7H,1-4H2,(H4,9,10,11). The van der Waals surface area contributed by atoms with E-state index in [-0.39, 0.29) is 5.96 Å². The average molecular weight is 153 g/mol. The van der Waals surface area contributed by atoms with Crippen molar-refractivity contribution in [3.05, 3.63) is 0 Å². The van der Waals surface area contributed by atoms with Crippen LogP contribution in [0.5, 0.6) is 0 Å². The number of fused-ring (bicyclic) bond motifs is 1. The summed E-state index contributed by atoms with van der Waals surface area (Å²) >= 11 is 0. The van der Waals surface area contributed by atoms with E-state index in [2.05, 4.69) is 4.99 Å². The van der Waals surface area contributed by atoms with E-state index in [4.69, 9.17) is 11.5 Å². The van der Waals surface area contributed by atoms with Crippen molar-refractivity contribution in [2.45, 2.75) is 31.7 Å². The van der Waals surface area contributed by atoms with Crippen LogP contribution in [0.2, 0.25) is 0 Å². The highest BCUT2D eigenvalue weighted by Crippen LogP contribution is 2.51. The lowest BCUT2D eigenvalue weighted by atomic mass is 10.0. The summed E-state index contributed by atoms with van der Waals surface area (Å²) in [6.45, 7) is 0. The maximum atomic E-state index is 5.32. The van der Waals surface area contributed by atoms with Gasteiger partial charge in [-0.05, 0) is 24.7 Å². The van der Waals surface area contributed by atoms with Gasteiger partial charge in [-0.1, -0.05) is 12.8 Å². The van der Waals surface area contributed by atoms with Crippen molar-refractivity contribution in [1.82, 2.24) is 0 Å². The predicted molar refractivity (Wildman–Crippen MR) is 45.0 cm³/mol. The molecular weight excluding hydrogens is 138 g/mol. The fourth-order valence-electron chi connectivity index (χ4n) is 2.32. The Kier molecular flexibility index (Phi) is 1.51. The summed E-state index contributed by atoms with van der Waals surface area (Å²) < 4.78 is 0. The molecule has 0 heterocycles. The molecule has 2 aliphatic rings. The predicted octanol–water partition coefficient (Wildman–Crippen LogP) is 0.448. The van der Waals surface area contributed by atoms with E-state index in [0.29, 0.717) is 6.04 Å². The Balaban J connectivity index is 1.95. The molecule has 2 aliphatic carbocycles. The molecule has 62 valence electrons. The summed E-state index contributed by atoms with van der Waals surface area (Å²) in [7, 11) is 0. The van der Waals surface area contributed by atoms with E-state index in [0.717, 1.165) is 11.8 Å². The van der Waals surface area contributed by atoms with Crippen molar-refractivity contribution in [2.24, 2.45) is 28.3 Å². The first-order chi connectivity index (χ1) is 5.29. The molecule has 3 nitrogen and oxygen atoms in total. The number of hydrogen-bond donors (Lipinski definition) is 2. The minimum Gasteiger partial charge on any atom is -0.370 e. The van der Waals surface area contributed by atoms with E-state index >= 15 is 0 Å². The van der Waals surface area contributed by atoms with E-state index in [1.807, 2.05) is 0 Å². The molecule has 2 rings (SSSR count). The van der Waals surface area contributed by atoms with Crippen molar-refractivity contribution >= 4 is 5.96 Å². The van der Waals surface area contributed by atoms with Crippen LogP contribution in [0.25, 0.3) is 0 Å². The summed E-state index contributed by atoms with van der Waals surface area (Å²) in [6.07, 6.45) is 5.42. The van der Waals surface area contributed by atoms with Crippen molar-refractivity contribution < 1.29 is 0 Å². The van der Waals surface area contributed by atoms with E-state index in [1.165, 1.54) is 25.7 Å². The number of aliphatic imine (C=N–C) groups is 1. The average Bonchev–Trinajstić information content (AvgIpc) is 2.64. The first-order valence-corrected chi connectivity index (χ1v) is 4.38. The van der Waals surface area contributed by atoms with Crippen LogP contribution in [0.4, 0.5) is 0 Å². The van der Waals surface area contributed by atoms with Crippen molar-refractivity contribution in [2.75, 3.05) is 0 Å². The molecule has 4 N–H and O–H groups in total. The molecule has 0 aromatic heterocycles. The molecule has 2 saturated carbocycles. The van der Waals surface area contributed by atoms with E-state index in [1.54, 1.807) is 0 Å². The van der Waals surface area contributed by atoms with Crippen LogP contribution in [0, 0.1) is 11.8 Å². The van der Waals surface area contributed by atoms with Gasteiger partial charge in [-0.2, -0.15) is 0 Å². The normalized spacial score (nSPS) is 40.9. The van der Waals surface area contributed by atoms with Crippen LogP contribution in [-0.2, 0) is 0 Å². The number of nitrogens with two attached hydrogens (primary N) is 2. The Morgan fingerprint density at radius 3 is 2.09 bits per heavy atom. The number of nitrogens with zero attached hydrogens (tertiary/aromatic N) is 1. The molecule has 0 radical (unpaired) electrons. The van der Waals surface area contributed by atoms with Crippen molar-refractivity contribution in [3.63, 3.8) is 0 Å². The third-order valence-electron chi connectivity index (χ3n) is 2.91. The summed E-state index contributed by atoms with van der Waals surface area (Å²) in [5.74, 6) is 1.92. The van der Waals surface area contributed by atoms with Crippen LogP contribution in [0.1, 0.15) is 25.7 Å². The Labute approximate surface area is 66.9 Å². The maximum Gasteiger partial charge on any atom is 0.186 e. The molecule has 2 fully saturated rings. The van der Waals surface area contributed by atoms with Crippen LogP contribution >= 0.6 is 0 Å². The molecule has 2 atom stereocenters. The molecule has 11 heavy (non-hydrogen) atoms. The smallest absolute Gasteiger partial charge is 0.186 e. The monoisotopic (exact) mass is 153 g/mol. The highest BCUT2D eigenvalue weighted by molar-refractivity contribution is 5.76. The molecule has 0 aromatic rings. The van der Waals surface area contributed by atoms with E-state index in [9.17, 15) is 0 Å². The fraction of sp³-hybridized carbons (Fsp3) is 0.875. The van der Waals surface area contributed by atoms with Gasteiger partial charge >= 0.3 is 0 Å². The molecule has 0 saturated heterocycles. The van der Waals surface area contributed by atoms with Crippen LogP contribution in [0.3, 0.4) is 0 Å². The molecule has 0 amide bonds. The Bertz CT molecular complexity index is 172. The zero-order chi connectivity index (χ0) is 7.84. The van der Waals surface area contributed by atoms with Crippen LogP contribution < -0.4 is 11.5 Å². The van der Waals surface area contributed by atoms with Gasteiger partial charge in [0.25, 0.3) is 0 Å². The van der Waals surface area contributed by atoms with Gasteiger partial charge in [0.1, 0.15) is 0 Å². The SMILES string of the molecule is NC(N)=NC1C2CCCCC21. The molecule has 0 spiro atoms. The van der Waals surface area contributed by atoms with Gasteiger partial charge in [0.05, 0.1) is 6.04 Å². The van der Waals surface area contributed by atoms with Gasteiger partial charge in [-0.3, -0.25) is 0 Å². The minimum atomic E-state index is 0.268. The lowest BCUT2D eigenvalue weighted by Crippen LogP contribution is -2.23. The van der Waals surface area contributed by atoms with Crippen LogP contribution in [0.15, 0.2) is 4.99 Å². The lowest BCUT2D eigenvalue weighted by Gasteiger charge is -2.04. The minimum absolute atomic E-state index is 0.268. The Morgan fingerprint density at radius 2 is 1.64 bits per heavy atom. The molecule has 2 unspecified atom stereocenters. The number of hydrogen-bond acceptors (Lipinski definition) is 1. The molecule has 0 aromatic carbocycles. The second-order valence-electron chi connectivity index (χ2n) is 3.66. The van der Waals surface area contributed by atoms with Gasteiger partial charge in [0.2, 0.25) is 0 Å². The second kappa shape index (κ2) is 2.40. The van der Waals surface area contributed by atoms with Crippen molar-refractivity contribution in [1.29, 1.82) is 0 Å². The van der Waals surface area contributed by atoms with E-state index < -0.39 is 0 Å². The quantitative estimate of drug-likeness (QED) is 0.424. The van der Waals surface area contributed by atoms with Gasteiger partial charge in [-0.25, -0.2) is 4.99 Å². The largest absolute Gasteiger partial charge is 0.370 e. The molecule has 0 bridgehead atoms. The van der Waals surface area contributed by atoms with Crippen LogP contribution in [-0.4, -0.2) is 12.0 Å². The zero-order valence-corrected chi connectivity index (χ0v) is 6.66. The zero-order valence-electron chi connectivity index (χ0n) is 6.66. The summed E-state index contributed by atoms with van der Waals surface area (Å²) in [5, 5.41) is 0. The highest BCUT2D eigenvalue weighted by Gasteiger charge is 2.50. The topological polar surface area (TPSA) is 64.4 Å². The molecule has 3 heteroatoms. The van der Waals surface area contributed by atoms with Gasteiger partial charge < -0.3 is 11.5 Å². The maximum absolute atomic E-state index is 5.32. The van der Waals surface area contributed by atoms with Crippen molar-refractivity contribution in [3.8, 4) is 0 Å². The number of guanidine groups is 1. The Hall–Kier alpha value is -0.730. The van der Waals surface area contributed by atoms with Gasteiger partial charge in [-0.15, -0.1) is 0 Å².